The predicted octanol–water partition coefficient (Wildman–Crippen LogP) is 2.03. The number of amides is 2. The van der Waals surface area contributed by atoms with Crippen LogP contribution in [-0.2, 0) is 9.59 Å². The molecule has 1 aromatic carbocycles. The molecule has 0 bridgehead atoms. The predicted molar refractivity (Wildman–Crippen MR) is 106 cm³/mol. The van der Waals surface area contributed by atoms with E-state index in [1.165, 1.54) is 4.90 Å². The number of benzene rings is 1. The Morgan fingerprint density at radius 1 is 1.10 bits per heavy atom. The standard InChI is InChI=1S/C21H18N6O2/c22-10-14-1-3-17-18(9-14)27(13-20(28)25-17)21(29)16-5-7-26(8-6-16)19-4-2-15(11-23)12-24-19/h1-4,9,12,16H,5-8,13H2,(H,25,28). The Morgan fingerprint density at radius 3 is 2.48 bits per heavy atom. The number of piperidine rings is 1. The molecular weight excluding hydrogens is 368 g/mol. The second-order valence-electron chi connectivity index (χ2n) is 7.09. The van der Waals surface area contributed by atoms with Gasteiger partial charge in [0.15, 0.2) is 0 Å². The van der Waals surface area contributed by atoms with Crippen molar-refractivity contribution in [2.75, 3.05) is 34.8 Å². The minimum atomic E-state index is -0.241. The second kappa shape index (κ2) is 7.61. The number of hydrogen-bond acceptors (Lipinski definition) is 6. The summed E-state index contributed by atoms with van der Waals surface area (Å²) in [5.74, 6) is 0.254. The number of aromatic nitrogens is 1. The van der Waals surface area contributed by atoms with Gasteiger partial charge >= 0.3 is 0 Å². The van der Waals surface area contributed by atoms with Crippen molar-refractivity contribution >= 4 is 29.0 Å². The summed E-state index contributed by atoms with van der Waals surface area (Å²) in [6, 6.07) is 12.6. The number of carbonyl (C=O) groups is 2. The van der Waals surface area contributed by atoms with Crippen LogP contribution in [0.5, 0.6) is 0 Å². The Balaban J connectivity index is 1.48. The highest BCUT2D eigenvalue weighted by Crippen LogP contribution is 2.33. The van der Waals surface area contributed by atoms with Gasteiger partial charge < -0.3 is 15.1 Å². The maximum Gasteiger partial charge on any atom is 0.244 e. The molecule has 8 heteroatoms. The van der Waals surface area contributed by atoms with Crippen LogP contribution >= 0.6 is 0 Å². The van der Waals surface area contributed by atoms with Crippen molar-refractivity contribution in [1.82, 2.24) is 4.98 Å². The highest BCUT2D eigenvalue weighted by atomic mass is 16.2. The van der Waals surface area contributed by atoms with E-state index < -0.39 is 0 Å². The van der Waals surface area contributed by atoms with Gasteiger partial charge in [-0.1, -0.05) is 0 Å². The quantitative estimate of drug-likeness (QED) is 0.845. The Morgan fingerprint density at radius 2 is 1.83 bits per heavy atom. The summed E-state index contributed by atoms with van der Waals surface area (Å²) in [5.41, 5.74) is 2.08. The van der Waals surface area contributed by atoms with Crippen LogP contribution in [-0.4, -0.2) is 36.4 Å². The molecule has 8 nitrogen and oxygen atoms in total. The van der Waals surface area contributed by atoms with Crippen LogP contribution in [0.4, 0.5) is 17.2 Å². The summed E-state index contributed by atoms with van der Waals surface area (Å²) in [7, 11) is 0. The van der Waals surface area contributed by atoms with Crippen molar-refractivity contribution < 1.29 is 9.59 Å². The SMILES string of the molecule is N#Cc1ccc(N2CCC(C(=O)N3CC(=O)Nc4ccc(C#N)cc43)CC2)nc1. The van der Waals surface area contributed by atoms with E-state index in [1.54, 1.807) is 30.5 Å². The molecule has 0 atom stereocenters. The van der Waals surface area contributed by atoms with Gasteiger partial charge in [0.25, 0.3) is 0 Å². The number of anilines is 3. The van der Waals surface area contributed by atoms with E-state index in [9.17, 15) is 9.59 Å². The third-order valence-electron chi connectivity index (χ3n) is 5.30. The molecular formula is C21H18N6O2. The van der Waals surface area contributed by atoms with Crippen molar-refractivity contribution in [2.45, 2.75) is 12.8 Å². The fraction of sp³-hybridized carbons (Fsp3) is 0.286. The van der Waals surface area contributed by atoms with E-state index in [1.807, 2.05) is 6.07 Å². The summed E-state index contributed by atoms with van der Waals surface area (Å²) in [6.07, 6.45) is 2.83. The van der Waals surface area contributed by atoms with Crippen molar-refractivity contribution in [2.24, 2.45) is 5.92 Å². The molecule has 0 radical (unpaired) electrons. The van der Waals surface area contributed by atoms with Gasteiger partial charge in [0, 0.05) is 25.2 Å². The lowest BCUT2D eigenvalue weighted by molar-refractivity contribution is -0.125. The molecule has 4 rings (SSSR count). The third-order valence-corrected chi connectivity index (χ3v) is 5.30. The number of nitrogens with zero attached hydrogens (tertiary/aromatic N) is 5. The second-order valence-corrected chi connectivity index (χ2v) is 7.09. The smallest absolute Gasteiger partial charge is 0.244 e. The first-order chi connectivity index (χ1) is 14.1. The summed E-state index contributed by atoms with van der Waals surface area (Å²) in [6.45, 7) is 1.29. The molecule has 1 N–H and O–H groups in total. The van der Waals surface area contributed by atoms with Gasteiger partial charge in [0.05, 0.1) is 28.6 Å². The number of nitriles is 2. The van der Waals surface area contributed by atoms with E-state index >= 15 is 0 Å². The summed E-state index contributed by atoms with van der Waals surface area (Å²) < 4.78 is 0. The van der Waals surface area contributed by atoms with Gasteiger partial charge in [-0.25, -0.2) is 4.98 Å². The molecule has 2 aliphatic rings. The Hall–Kier alpha value is -3.91. The van der Waals surface area contributed by atoms with Crippen molar-refractivity contribution in [3.05, 3.63) is 47.7 Å². The number of rotatable bonds is 2. The highest BCUT2D eigenvalue weighted by Gasteiger charge is 2.34. The minimum absolute atomic E-state index is 0.0435. The molecule has 29 heavy (non-hydrogen) atoms. The first kappa shape index (κ1) is 18.5. The minimum Gasteiger partial charge on any atom is -0.357 e. The van der Waals surface area contributed by atoms with Crippen molar-refractivity contribution in [1.29, 1.82) is 10.5 Å². The zero-order chi connectivity index (χ0) is 20.4. The van der Waals surface area contributed by atoms with E-state index in [4.69, 9.17) is 10.5 Å². The Bertz CT molecular complexity index is 1040. The molecule has 0 spiro atoms. The highest BCUT2D eigenvalue weighted by molar-refractivity contribution is 6.10. The normalized spacial score (nSPS) is 16.4. The van der Waals surface area contributed by atoms with Gasteiger partial charge in [-0.05, 0) is 43.2 Å². The largest absolute Gasteiger partial charge is 0.357 e. The van der Waals surface area contributed by atoms with E-state index in [0.29, 0.717) is 48.4 Å². The molecule has 0 unspecified atom stereocenters. The molecule has 1 aromatic heterocycles. The van der Waals surface area contributed by atoms with Crippen molar-refractivity contribution in [3.63, 3.8) is 0 Å². The van der Waals surface area contributed by atoms with E-state index in [0.717, 1.165) is 5.82 Å². The van der Waals surface area contributed by atoms with Gasteiger partial charge in [0.2, 0.25) is 11.8 Å². The first-order valence-electron chi connectivity index (χ1n) is 9.35. The monoisotopic (exact) mass is 386 g/mol. The van der Waals surface area contributed by atoms with Gasteiger partial charge in [-0.2, -0.15) is 10.5 Å². The fourth-order valence-corrected chi connectivity index (χ4v) is 3.76. The van der Waals surface area contributed by atoms with Crippen LogP contribution < -0.4 is 15.1 Å². The molecule has 144 valence electrons. The van der Waals surface area contributed by atoms with Crippen LogP contribution in [0.15, 0.2) is 36.5 Å². The summed E-state index contributed by atoms with van der Waals surface area (Å²) in [4.78, 5) is 33.1. The first-order valence-corrected chi connectivity index (χ1v) is 9.35. The van der Waals surface area contributed by atoms with Crippen LogP contribution in [0.1, 0.15) is 24.0 Å². The molecule has 2 aliphatic heterocycles. The van der Waals surface area contributed by atoms with Crippen LogP contribution in [0.3, 0.4) is 0 Å². The molecule has 1 saturated heterocycles. The molecule has 1 fully saturated rings. The molecule has 3 heterocycles. The molecule has 2 amide bonds. The van der Waals surface area contributed by atoms with E-state index in [-0.39, 0.29) is 24.3 Å². The molecule has 0 aliphatic carbocycles. The number of carbonyl (C=O) groups excluding carboxylic acids is 2. The van der Waals surface area contributed by atoms with Gasteiger partial charge in [-0.15, -0.1) is 0 Å². The van der Waals surface area contributed by atoms with Crippen molar-refractivity contribution in [3.8, 4) is 12.1 Å². The number of pyridine rings is 1. The van der Waals surface area contributed by atoms with Gasteiger partial charge in [-0.3, -0.25) is 9.59 Å². The molecule has 2 aromatic rings. The van der Waals surface area contributed by atoms with Crippen LogP contribution in [0.2, 0.25) is 0 Å². The Kier molecular flexibility index (Phi) is 4.84. The zero-order valence-corrected chi connectivity index (χ0v) is 15.6. The summed E-state index contributed by atoms with van der Waals surface area (Å²) in [5, 5.41) is 20.8. The fourth-order valence-electron chi connectivity index (χ4n) is 3.76. The number of nitrogens with one attached hydrogen (secondary N) is 1. The number of fused-ring (bicyclic) bond motifs is 1. The lowest BCUT2D eigenvalue weighted by Crippen LogP contribution is -2.47. The molecule has 0 saturated carbocycles. The number of hydrogen-bond donors (Lipinski definition) is 1. The van der Waals surface area contributed by atoms with Crippen LogP contribution in [0.25, 0.3) is 0 Å². The third kappa shape index (κ3) is 3.61. The maximum absolute atomic E-state index is 13.2. The maximum atomic E-state index is 13.2. The van der Waals surface area contributed by atoms with E-state index in [2.05, 4.69) is 27.3 Å². The average molecular weight is 386 g/mol. The van der Waals surface area contributed by atoms with Crippen LogP contribution in [0, 0.1) is 28.6 Å². The topological polar surface area (TPSA) is 113 Å². The van der Waals surface area contributed by atoms with Gasteiger partial charge in [0.1, 0.15) is 18.4 Å². The Labute approximate surface area is 168 Å². The average Bonchev–Trinajstić information content (AvgIpc) is 2.78. The summed E-state index contributed by atoms with van der Waals surface area (Å²) >= 11 is 0. The zero-order valence-electron chi connectivity index (χ0n) is 15.6. The lowest BCUT2D eigenvalue weighted by atomic mass is 9.94. The lowest BCUT2D eigenvalue weighted by Gasteiger charge is -2.36.